The fourth-order valence-corrected chi connectivity index (χ4v) is 1.32. The van der Waals surface area contributed by atoms with Crippen LogP contribution in [0.4, 0.5) is 5.82 Å². The number of carbonyl (C=O) groups excluding carboxylic acids is 2. The van der Waals surface area contributed by atoms with E-state index in [4.69, 9.17) is 5.11 Å². The number of amides is 1. The molecule has 88 valence electrons. The number of aliphatic hydroxyl groups excluding tert-OH is 1. The van der Waals surface area contributed by atoms with Crippen molar-refractivity contribution in [1.82, 2.24) is 9.78 Å². The molecule has 0 atom stereocenters. The molecule has 1 amide bonds. The summed E-state index contributed by atoms with van der Waals surface area (Å²) < 4.78 is 1.49. The summed E-state index contributed by atoms with van der Waals surface area (Å²) in [7, 11) is 0. The van der Waals surface area contributed by atoms with Crippen LogP contribution in [-0.4, -0.2) is 33.2 Å². The predicted octanol–water partition coefficient (Wildman–Crippen LogP) is 0.101. The van der Waals surface area contributed by atoms with E-state index < -0.39 is 0 Å². The van der Waals surface area contributed by atoms with E-state index in [1.54, 1.807) is 13.0 Å². The Bertz CT molecular complexity index is 398. The monoisotopic (exact) mass is 225 g/mol. The van der Waals surface area contributed by atoms with Crippen molar-refractivity contribution < 1.29 is 14.7 Å². The summed E-state index contributed by atoms with van der Waals surface area (Å²) in [5.74, 6) is -0.0631. The smallest absolute Gasteiger partial charge is 0.232 e. The largest absolute Gasteiger partial charge is 0.394 e. The van der Waals surface area contributed by atoms with Gasteiger partial charge < -0.3 is 10.4 Å². The van der Waals surface area contributed by atoms with Gasteiger partial charge in [-0.15, -0.1) is 0 Å². The summed E-state index contributed by atoms with van der Waals surface area (Å²) >= 11 is 0. The second kappa shape index (κ2) is 5.41. The molecule has 16 heavy (non-hydrogen) atoms. The summed E-state index contributed by atoms with van der Waals surface area (Å²) in [5.41, 5.74) is 0.742. The molecular formula is C10H15N3O3. The molecule has 2 N–H and O–H groups in total. The lowest BCUT2D eigenvalue weighted by atomic mass is 10.3. The molecule has 1 aromatic heterocycles. The van der Waals surface area contributed by atoms with Gasteiger partial charge in [0, 0.05) is 6.07 Å². The lowest BCUT2D eigenvalue weighted by molar-refractivity contribution is -0.124. The zero-order valence-electron chi connectivity index (χ0n) is 9.36. The van der Waals surface area contributed by atoms with Gasteiger partial charge in [0.05, 0.1) is 25.3 Å². The Labute approximate surface area is 93.3 Å². The molecule has 0 fully saturated rings. The molecule has 0 aliphatic rings. The highest BCUT2D eigenvalue weighted by atomic mass is 16.3. The topological polar surface area (TPSA) is 84.2 Å². The van der Waals surface area contributed by atoms with E-state index in [9.17, 15) is 9.59 Å². The van der Waals surface area contributed by atoms with Crippen molar-refractivity contribution in [3.8, 4) is 0 Å². The summed E-state index contributed by atoms with van der Waals surface area (Å²) in [6, 6.07) is 1.69. The van der Waals surface area contributed by atoms with Gasteiger partial charge in [0.1, 0.15) is 11.6 Å². The standard InChI is InChI=1S/C10H15N3O3/c1-7-5-9(13(12-7)3-4-14)11-10(16)6-8(2)15/h5,14H,3-4,6H2,1-2H3,(H,11,16). The number of anilines is 1. The first-order chi connectivity index (χ1) is 7.52. The number of carbonyl (C=O) groups is 2. The molecule has 0 aromatic carbocycles. The normalized spacial score (nSPS) is 10.2. The van der Waals surface area contributed by atoms with Gasteiger partial charge >= 0.3 is 0 Å². The maximum absolute atomic E-state index is 11.4. The minimum Gasteiger partial charge on any atom is -0.394 e. The number of hydrogen-bond acceptors (Lipinski definition) is 4. The summed E-state index contributed by atoms with van der Waals surface area (Å²) in [4.78, 5) is 22.1. The first-order valence-corrected chi connectivity index (χ1v) is 4.97. The number of aliphatic hydroxyl groups is 1. The molecule has 0 saturated carbocycles. The number of hydrogen-bond donors (Lipinski definition) is 2. The van der Waals surface area contributed by atoms with Gasteiger partial charge in [0.15, 0.2) is 0 Å². The number of nitrogens with one attached hydrogen (secondary N) is 1. The summed E-state index contributed by atoms with van der Waals surface area (Å²) in [6.07, 6.45) is -0.149. The van der Waals surface area contributed by atoms with Gasteiger partial charge in [0.2, 0.25) is 5.91 Å². The molecule has 1 aromatic rings. The SMILES string of the molecule is CC(=O)CC(=O)Nc1cc(C)nn1CCO. The Morgan fingerprint density at radius 3 is 2.81 bits per heavy atom. The van der Waals surface area contributed by atoms with Crippen molar-refractivity contribution in [1.29, 1.82) is 0 Å². The van der Waals surface area contributed by atoms with Crippen molar-refractivity contribution in [2.24, 2.45) is 0 Å². The second-order valence-corrected chi connectivity index (χ2v) is 3.54. The number of rotatable bonds is 5. The zero-order valence-corrected chi connectivity index (χ0v) is 9.36. The van der Waals surface area contributed by atoms with Crippen LogP contribution in [0.2, 0.25) is 0 Å². The van der Waals surface area contributed by atoms with Crippen LogP contribution in [-0.2, 0) is 16.1 Å². The lowest BCUT2D eigenvalue weighted by Crippen LogP contribution is -2.18. The molecule has 0 spiro atoms. The van der Waals surface area contributed by atoms with Crippen LogP contribution in [0.5, 0.6) is 0 Å². The zero-order chi connectivity index (χ0) is 12.1. The molecule has 0 saturated heterocycles. The number of Topliss-reactive ketones (excluding diaryl/α,β-unsaturated/α-hetero) is 1. The van der Waals surface area contributed by atoms with Gasteiger partial charge in [-0.25, -0.2) is 4.68 Å². The summed E-state index contributed by atoms with van der Waals surface area (Å²) in [5, 5.41) is 15.5. The Balaban J connectivity index is 2.71. The van der Waals surface area contributed by atoms with Crippen LogP contribution in [0, 0.1) is 6.92 Å². The lowest BCUT2D eigenvalue weighted by Gasteiger charge is -2.06. The predicted molar refractivity (Wildman–Crippen MR) is 58.0 cm³/mol. The molecule has 0 radical (unpaired) electrons. The van der Waals surface area contributed by atoms with Gasteiger partial charge in [0.25, 0.3) is 0 Å². The van der Waals surface area contributed by atoms with Crippen LogP contribution in [0.1, 0.15) is 19.0 Å². The third-order valence-corrected chi connectivity index (χ3v) is 1.89. The molecule has 6 nitrogen and oxygen atoms in total. The van der Waals surface area contributed by atoms with Crippen molar-refractivity contribution >= 4 is 17.5 Å². The Kier molecular flexibility index (Phi) is 4.19. The Morgan fingerprint density at radius 1 is 1.56 bits per heavy atom. The Morgan fingerprint density at radius 2 is 2.25 bits per heavy atom. The highest BCUT2D eigenvalue weighted by molar-refractivity contribution is 6.03. The van der Waals surface area contributed by atoms with E-state index in [0.717, 1.165) is 5.69 Å². The van der Waals surface area contributed by atoms with E-state index in [1.807, 2.05) is 0 Å². The number of ketones is 1. The van der Waals surface area contributed by atoms with Crippen molar-refractivity contribution in [2.75, 3.05) is 11.9 Å². The van der Waals surface area contributed by atoms with Crippen LogP contribution in [0.15, 0.2) is 6.07 Å². The van der Waals surface area contributed by atoms with Gasteiger partial charge in [-0.1, -0.05) is 0 Å². The van der Waals surface area contributed by atoms with E-state index in [0.29, 0.717) is 12.4 Å². The van der Waals surface area contributed by atoms with Crippen molar-refractivity contribution in [3.63, 3.8) is 0 Å². The van der Waals surface area contributed by atoms with Gasteiger partial charge in [-0.3, -0.25) is 9.59 Å². The molecular weight excluding hydrogens is 210 g/mol. The van der Waals surface area contributed by atoms with E-state index in [2.05, 4.69) is 10.4 Å². The quantitative estimate of drug-likeness (QED) is 0.696. The fourth-order valence-electron chi connectivity index (χ4n) is 1.32. The third-order valence-electron chi connectivity index (χ3n) is 1.89. The van der Waals surface area contributed by atoms with E-state index in [1.165, 1.54) is 11.6 Å². The maximum atomic E-state index is 11.4. The number of aryl methyl sites for hydroxylation is 1. The Hall–Kier alpha value is -1.69. The molecule has 1 heterocycles. The molecule has 0 aliphatic heterocycles. The number of nitrogens with zero attached hydrogens (tertiary/aromatic N) is 2. The van der Waals surface area contributed by atoms with E-state index in [-0.39, 0.29) is 24.7 Å². The summed E-state index contributed by atoms with van der Waals surface area (Å²) in [6.45, 7) is 3.39. The van der Waals surface area contributed by atoms with Crippen LogP contribution < -0.4 is 5.32 Å². The molecule has 0 unspecified atom stereocenters. The average Bonchev–Trinajstić information content (AvgIpc) is 2.45. The molecule has 0 bridgehead atoms. The highest BCUT2D eigenvalue weighted by Crippen LogP contribution is 2.10. The first-order valence-electron chi connectivity index (χ1n) is 4.97. The highest BCUT2D eigenvalue weighted by Gasteiger charge is 2.10. The van der Waals surface area contributed by atoms with Crippen molar-refractivity contribution in [3.05, 3.63) is 11.8 Å². The second-order valence-electron chi connectivity index (χ2n) is 3.54. The first kappa shape index (κ1) is 12.4. The van der Waals surface area contributed by atoms with Crippen LogP contribution in [0.25, 0.3) is 0 Å². The van der Waals surface area contributed by atoms with Gasteiger partial charge in [-0.05, 0) is 13.8 Å². The third kappa shape index (κ3) is 3.47. The fraction of sp³-hybridized carbons (Fsp3) is 0.500. The van der Waals surface area contributed by atoms with Crippen molar-refractivity contribution in [2.45, 2.75) is 26.8 Å². The van der Waals surface area contributed by atoms with E-state index >= 15 is 0 Å². The average molecular weight is 225 g/mol. The molecule has 1 rings (SSSR count). The van der Waals surface area contributed by atoms with Crippen LogP contribution >= 0.6 is 0 Å². The van der Waals surface area contributed by atoms with Gasteiger partial charge in [-0.2, -0.15) is 5.10 Å². The minimum absolute atomic E-state index is 0.0588. The molecule has 6 heteroatoms. The molecule has 0 aliphatic carbocycles. The van der Waals surface area contributed by atoms with Crippen LogP contribution in [0.3, 0.4) is 0 Å². The minimum atomic E-state index is -0.369. The maximum Gasteiger partial charge on any atom is 0.232 e. The number of aromatic nitrogens is 2.